The maximum Gasteiger partial charge on any atom is 0.280 e. The molecule has 194 valence electrons. The summed E-state index contributed by atoms with van der Waals surface area (Å²) in [6, 6.07) is 31.8. The summed E-state index contributed by atoms with van der Waals surface area (Å²) in [4.78, 5) is 23.9. The first kappa shape index (κ1) is 23.8. The van der Waals surface area contributed by atoms with Crippen LogP contribution in [0.2, 0.25) is 0 Å². The van der Waals surface area contributed by atoms with Crippen LogP contribution in [-0.2, 0) is 13.1 Å². The number of nitrogens with zero attached hydrogens (tertiary/aromatic N) is 4. The van der Waals surface area contributed by atoms with Gasteiger partial charge >= 0.3 is 0 Å². The molecule has 3 N–H and O–H groups in total. The lowest BCUT2D eigenvalue weighted by Crippen LogP contribution is -2.23. The van der Waals surface area contributed by atoms with Crippen molar-refractivity contribution >= 4 is 16.6 Å². The molecule has 0 saturated carbocycles. The molecule has 0 aliphatic rings. The van der Waals surface area contributed by atoms with Crippen molar-refractivity contribution in [1.29, 1.82) is 0 Å². The number of H-pyrrole nitrogens is 2. The van der Waals surface area contributed by atoms with Crippen molar-refractivity contribution in [1.82, 2.24) is 35.1 Å². The number of hydrogen-bond donors (Lipinski definition) is 3. The van der Waals surface area contributed by atoms with Crippen molar-refractivity contribution in [2.75, 3.05) is 0 Å². The van der Waals surface area contributed by atoms with Gasteiger partial charge in [0, 0.05) is 42.1 Å². The number of rotatable bonds is 7. The number of fused-ring (bicyclic) bond motifs is 2. The Morgan fingerprint density at radius 2 is 1.55 bits per heavy atom. The van der Waals surface area contributed by atoms with Crippen molar-refractivity contribution in [2.45, 2.75) is 13.1 Å². The summed E-state index contributed by atoms with van der Waals surface area (Å²) >= 11 is 0. The summed E-state index contributed by atoms with van der Waals surface area (Å²) < 4.78 is 1.58. The third-order valence-electron chi connectivity index (χ3n) is 7.04. The molecule has 0 fully saturated rings. The lowest BCUT2D eigenvalue weighted by Gasteiger charge is -2.11. The Hall–Kier alpha value is -5.34. The number of aromatic nitrogens is 6. The van der Waals surface area contributed by atoms with E-state index in [-0.39, 0.29) is 5.56 Å². The van der Waals surface area contributed by atoms with Gasteiger partial charge in [-0.1, -0.05) is 72.8 Å². The summed E-state index contributed by atoms with van der Waals surface area (Å²) in [6.07, 6.45) is 3.49. The van der Waals surface area contributed by atoms with Crippen LogP contribution in [0.15, 0.2) is 114 Å². The van der Waals surface area contributed by atoms with Crippen LogP contribution in [0.4, 0.5) is 0 Å². The number of pyridine rings is 1. The van der Waals surface area contributed by atoms with Crippen molar-refractivity contribution < 1.29 is 0 Å². The number of nitrogens with one attached hydrogen (secondary N) is 3. The van der Waals surface area contributed by atoms with E-state index in [0.29, 0.717) is 30.0 Å². The minimum absolute atomic E-state index is 0.161. The largest absolute Gasteiger partial charge is 0.305 e. The molecule has 0 spiro atoms. The molecule has 40 heavy (non-hydrogen) atoms. The highest BCUT2D eigenvalue weighted by Crippen LogP contribution is 2.35. The van der Waals surface area contributed by atoms with Crippen LogP contribution in [0.25, 0.3) is 50.1 Å². The zero-order chi connectivity index (χ0) is 26.9. The number of benzene rings is 3. The van der Waals surface area contributed by atoms with E-state index in [1.165, 1.54) is 0 Å². The van der Waals surface area contributed by atoms with Gasteiger partial charge in [-0.25, -0.2) is 4.98 Å². The first-order valence-electron chi connectivity index (χ1n) is 13.1. The zero-order valence-corrected chi connectivity index (χ0v) is 21.5. The van der Waals surface area contributed by atoms with Gasteiger partial charge in [0.2, 0.25) is 0 Å². The first-order valence-corrected chi connectivity index (χ1v) is 13.1. The fourth-order valence-corrected chi connectivity index (χ4v) is 5.16. The van der Waals surface area contributed by atoms with E-state index in [2.05, 4.69) is 25.6 Å². The standard InChI is InChI=1S/C32H25N7O/c40-32-28(24-13-14-26-23(18-24)12-7-16-34-26)27(20-33-19-25-15-17-35-37-25)36-31-29(21-8-3-1-4-9-21)30(38-39(31)32)22-10-5-2-6-11-22/h1-18,33,38H,19-20H2,(H,35,37). The molecule has 0 amide bonds. The van der Waals surface area contributed by atoms with Gasteiger partial charge in [-0.15, -0.1) is 0 Å². The molecule has 0 unspecified atom stereocenters. The Labute approximate surface area is 229 Å². The average Bonchev–Trinajstić information content (AvgIpc) is 3.66. The molecule has 4 heterocycles. The minimum atomic E-state index is -0.161. The third-order valence-corrected chi connectivity index (χ3v) is 7.04. The van der Waals surface area contributed by atoms with Gasteiger partial charge < -0.3 is 5.32 Å². The van der Waals surface area contributed by atoms with Gasteiger partial charge in [-0.3, -0.25) is 20.0 Å². The van der Waals surface area contributed by atoms with Gasteiger partial charge in [0.15, 0.2) is 5.65 Å². The fraction of sp³-hybridized carbons (Fsp3) is 0.0625. The van der Waals surface area contributed by atoms with Gasteiger partial charge in [-0.05, 0) is 35.4 Å². The molecular formula is C32H25N7O. The van der Waals surface area contributed by atoms with Crippen LogP contribution in [0.3, 0.4) is 0 Å². The minimum Gasteiger partial charge on any atom is -0.305 e. The summed E-state index contributed by atoms with van der Waals surface area (Å²) in [5.41, 5.74) is 7.93. The van der Waals surface area contributed by atoms with Gasteiger partial charge in [-0.2, -0.15) is 9.61 Å². The van der Waals surface area contributed by atoms with Crippen LogP contribution in [-0.4, -0.2) is 29.8 Å². The normalized spacial score (nSPS) is 11.4. The Morgan fingerprint density at radius 3 is 2.33 bits per heavy atom. The highest BCUT2D eigenvalue weighted by molar-refractivity contribution is 5.91. The molecule has 8 heteroatoms. The highest BCUT2D eigenvalue weighted by Gasteiger charge is 2.22. The second-order valence-corrected chi connectivity index (χ2v) is 9.59. The van der Waals surface area contributed by atoms with Gasteiger partial charge in [0.1, 0.15) is 0 Å². The van der Waals surface area contributed by atoms with Gasteiger partial charge in [0.25, 0.3) is 5.56 Å². The fourth-order valence-electron chi connectivity index (χ4n) is 5.16. The Morgan fingerprint density at radius 1 is 0.750 bits per heavy atom. The lowest BCUT2D eigenvalue weighted by molar-refractivity contribution is 0.664. The third kappa shape index (κ3) is 4.26. The van der Waals surface area contributed by atoms with Crippen molar-refractivity contribution in [3.05, 3.63) is 131 Å². The molecule has 7 aromatic rings. The predicted molar refractivity (Wildman–Crippen MR) is 157 cm³/mol. The van der Waals surface area contributed by atoms with Crippen molar-refractivity contribution in [2.24, 2.45) is 0 Å². The number of aromatic amines is 2. The number of hydrogen-bond acceptors (Lipinski definition) is 5. The molecule has 7 rings (SSSR count). The monoisotopic (exact) mass is 523 g/mol. The zero-order valence-electron chi connectivity index (χ0n) is 21.5. The Kier molecular flexibility index (Phi) is 5.99. The molecule has 0 saturated heterocycles. The van der Waals surface area contributed by atoms with E-state index in [1.54, 1.807) is 16.9 Å². The van der Waals surface area contributed by atoms with Crippen LogP contribution in [0.1, 0.15) is 11.4 Å². The van der Waals surface area contributed by atoms with Crippen LogP contribution < -0.4 is 10.9 Å². The SMILES string of the molecule is O=c1c(-c2ccc3ncccc3c2)c(CNCc2ccn[nH]2)nc2c(-c3ccccc3)c(-c3ccccc3)[nH]n12. The summed E-state index contributed by atoms with van der Waals surface area (Å²) in [5, 5.41) is 14.8. The van der Waals surface area contributed by atoms with E-state index < -0.39 is 0 Å². The average molecular weight is 524 g/mol. The van der Waals surface area contributed by atoms with E-state index in [4.69, 9.17) is 4.98 Å². The Balaban J connectivity index is 1.47. The quantitative estimate of drug-likeness (QED) is 0.253. The molecule has 0 atom stereocenters. The van der Waals surface area contributed by atoms with Crippen molar-refractivity contribution in [3.8, 4) is 33.5 Å². The molecule has 0 radical (unpaired) electrons. The van der Waals surface area contributed by atoms with E-state index in [9.17, 15) is 4.79 Å². The molecule has 4 aromatic heterocycles. The van der Waals surface area contributed by atoms with Crippen LogP contribution >= 0.6 is 0 Å². The second kappa shape index (κ2) is 10.1. The van der Waals surface area contributed by atoms with Crippen molar-refractivity contribution in [3.63, 3.8) is 0 Å². The van der Waals surface area contributed by atoms with E-state index >= 15 is 0 Å². The summed E-state index contributed by atoms with van der Waals surface area (Å²) in [5.74, 6) is 0. The summed E-state index contributed by atoms with van der Waals surface area (Å²) in [6.45, 7) is 0.960. The van der Waals surface area contributed by atoms with Crippen LogP contribution in [0, 0.1) is 0 Å². The topological polar surface area (TPSA) is 104 Å². The van der Waals surface area contributed by atoms with Gasteiger partial charge in [0.05, 0.1) is 28.0 Å². The first-order chi connectivity index (χ1) is 19.8. The maximum atomic E-state index is 14.3. The molecule has 0 aliphatic carbocycles. The summed E-state index contributed by atoms with van der Waals surface area (Å²) in [7, 11) is 0. The van der Waals surface area contributed by atoms with E-state index in [0.717, 1.165) is 44.5 Å². The second-order valence-electron chi connectivity index (χ2n) is 9.59. The van der Waals surface area contributed by atoms with Crippen LogP contribution in [0.5, 0.6) is 0 Å². The molecular weight excluding hydrogens is 498 g/mol. The smallest absolute Gasteiger partial charge is 0.280 e. The molecule has 3 aromatic carbocycles. The highest BCUT2D eigenvalue weighted by atomic mass is 16.1. The lowest BCUT2D eigenvalue weighted by atomic mass is 10.0. The maximum absolute atomic E-state index is 14.3. The van der Waals surface area contributed by atoms with E-state index in [1.807, 2.05) is 97.1 Å². The molecule has 0 aliphatic heterocycles. The Bertz CT molecular complexity index is 1990. The molecule has 0 bridgehead atoms. The predicted octanol–water partition coefficient (Wildman–Crippen LogP) is 5.58. The molecule has 8 nitrogen and oxygen atoms in total.